The van der Waals surface area contributed by atoms with Crippen LogP contribution >= 0.6 is 11.8 Å². The predicted molar refractivity (Wildman–Crippen MR) is 71.7 cm³/mol. The molecule has 0 saturated heterocycles. The van der Waals surface area contributed by atoms with Gasteiger partial charge in [0, 0.05) is 11.5 Å². The van der Waals surface area contributed by atoms with Gasteiger partial charge in [-0.15, -0.1) is 0 Å². The fraction of sp³-hybridized carbons (Fsp3) is 0.462. The molecule has 0 fully saturated rings. The Kier molecular flexibility index (Phi) is 6.18. The van der Waals surface area contributed by atoms with Crippen molar-refractivity contribution in [2.24, 2.45) is 0 Å². The van der Waals surface area contributed by atoms with E-state index in [1.54, 1.807) is 6.92 Å². The Labute approximate surface area is 111 Å². The zero-order valence-electron chi connectivity index (χ0n) is 10.2. The monoisotopic (exact) mass is 270 g/mol. The van der Waals surface area contributed by atoms with Crippen LogP contribution in [-0.2, 0) is 10.5 Å². The summed E-state index contributed by atoms with van der Waals surface area (Å²) >= 11 is 1.53. The lowest BCUT2D eigenvalue weighted by Gasteiger charge is -2.09. The summed E-state index contributed by atoms with van der Waals surface area (Å²) in [5.41, 5.74) is 1.86. The van der Waals surface area contributed by atoms with Crippen molar-refractivity contribution < 1.29 is 20.1 Å². The van der Waals surface area contributed by atoms with Crippen molar-refractivity contribution in [1.82, 2.24) is 0 Å². The van der Waals surface area contributed by atoms with Crippen molar-refractivity contribution in [1.29, 1.82) is 0 Å². The summed E-state index contributed by atoms with van der Waals surface area (Å²) in [7, 11) is 0. The number of hydrogen-bond acceptors (Lipinski definition) is 4. The van der Waals surface area contributed by atoms with Gasteiger partial charge in [0.05, 0.1) is 18.6 Å². The fourth-order valence-electron chi connectivity index (χ4n) is 1.41. The standard InChI is InChI=1S/C13H18O4S/c1-9(13(16)17)11-4-2-10(3-5-11)7-18-8-12(15)6-14/h2-5,9,12,14-15H,6-8H2,1H3,(H,16,17). The van der Waals surface area contributed by atoms with Crippen LogP contribution in [0.3, 0.4) is 0 Å². The van der Waals surface area contributed by atoms with E-state index in [0.717, 1.165) is 16.9 Å². The molecule has 0 aliphatic carbocycles. The normalized spacial score (nSPS) is 14.2. The van der Waals surface area contributed by atoms with Crippen LogP contribution in [0.4, 0.5) is 0 Å². The van der Waals surface area contributed by atoms with E-state index in [4.69, 9.17) is 10.2 Å². The van der Waals surface area contributed by atoms with Crippen LogP contribution in [-0.4, -0.2) is 39.8 Å². The molecule has 0 heterocycles. The van der Waals surface area contributed by atoms with Gasteiger partial charge in [0.1, 0.15) is 0 Å². The molecular formula is C13H18O4S. The average molecular weight is 270 g/mol. The molecule has 100 valence electrons. The lowest BCUT2D eigenvalue weighted by Crippen LogP contribution is -2.14. The minimum Gasteiger partial charge on any atom is -0.481 e. The molecule has 0 aliphatic heterocycles. The molecule has 2 atom stereocenters. The van der Waals surface area contributed by atoms with Gasteiger partial charge in [0.2, 0.25) is 0 Å². The fourth-order valence-corrected chi connectivity index (χ4v) is 2.33. The first-order chi connectivity index (χ1) is 8.54. The molecule has 3 N–H and O–H groups in total. The SMILES string of the molecule is CC(C(=O)O)c1ccc(CSCC(O)CO)cc1. The van der Waals surface area contributed by atoms with Gasteiger partial charge in [-0.3, -0.25) is 4.79 Å². The molecule has 0 amide bonds. The van der Waals surface area contributed by atoms with Crippen molar-refractivity contribution in [2.45, 2.75) is 24.7 Å². The molecule has 4 nitrogen and oxygen atoms in total. The molecule has 1 aromatic rings. The number of carboxylic acids is 1. The van der Waals surface area contributed by atoms with Crippen LogP contribution in [0.1, 0.15) is 24.0 Å². The topological polar surface area (TPSA) is 77.8 Å². The first kappa shape index (κ1) is 15.0. The molecule has 2 unspecified atom stereocenters. The average Bonchev–Trinajstić information content (AvgIpc) is 2.38. The Morgan fingerprint density at radius 3 is 2.44 bits per heavy atom. The third-order valence-electron chi connectivity index (χ3n) is 2.64. The minimum absolute atomic E-state index is 0.220. The molecule has 18 heavy (non-hydrogen) atoms. The maximum Gasteiger partial charge on any atom is 0.310 e. The predicted octanol–water partition coefficient (Wildman–Crippen LogP) is 1.46. The van der Waals surface area contributed by atoms with Gasteiger partial charge < -0.3 is 15.3 Å². The summed E-state index contributed by atoms with van der Waals surface area (Å²) in [6.07, 6.45) is -0.679. The van der Waals surface area contributed by atoms with Crippen LogP contribution in [0.15, 0.2) is 24.3 Å². The van der Waals surface area contributed by atoms with Gasteiger partial charge in [-0.2, -0.15) is 11.8 Å². The highest BCUT2D eigenvalue weighted by Crippen LogP contribution is 2.19. The second-order valence-corrected chi connectivity index (χ2v) is 5.18. The maximum absolute atomic E-state index is 10.8. The highest BCUT2D eigenvalue weighted by Gasteiger charge is 2.12. The van der Waals surface area contributed by atoms with Gasteiger partial charge in [-0.25, -0.2) is 0 Å². The minimum atomic E-state index is -0.830. The molecule has 0 spiro atoms. The molecule has 0 bridgehead atoms. The number of benzene rings is 1. The van der Waals surface area contributed by atoms with E-state index in [9.17, 15) is 9.90 Å². The van der Waals surface area contributed by atoms with Crippen LogP contribution in [0.5, 0.6) is 0 Å². The number of thioether (sulfide) groups is 1. The van der Waals surface area contributed by atoms with Crippen molar-refractivity contribution in [2.75, 3.05) is 12.4 Å². The van der Waals surface area contributed by atoms with E-state index in [1.165, 1.54) is 11.8 Å². The zero-order chi connectivity index (χ0) is 13.5. The summed E-state index contributed by atoms with van der Waals surface area (Å²) < 4.78 is 0. The van der Waals surface area contributed by atoms with E-state index < -0.39 is 18.0 Å². The van der Waals surface area contributed by atoms with Gasteiger partial charge in [0.15, 0.2) is 0 Å². The highest BCUT2D eigenvalue weighted by molar-refractivity contribution is 7.98. The van der Waals surface area contributed by atoms with Crippen molar-refractivity contribution in [3.05, 3.63) is 35.4 Å². The summed E-state index contributed by atoms with van der Waals surface area (Å²) in [5.74, 6) is -0.103. The molecular weight excluding hydrogens is 252 g/mol. The molecule has 0 aliphatic rings. The van der Waals surface area contributed by atoms with Gasteiger partial charge in [-0.05, 0) is 18.1 Å². The van der Waals surface area contributed by atoms with Crippen molar-refractivity contribution in [3.8, 4) is 0 Å². The first-order valence-electron chi connectivity index (χ1n) is 5.73. The molecule has 0 radical (unpaired) electrons. The number of carboxylic acid groups (broad SMARTS) is 1. The smallest absolute Gasteiger partial charge is 0.310 e. The lowest BCUT2D eigenvalue weighted by molar-refractivity contribution is -0.138. The zero-order valence-corrected chi connectivity index (χ0v) is 11.1. The number of hydrogen-bond donors (Lipinski definition) is 3. The number of rotatable bonds is 7. The van der Waals surface area contributed by atoms with E-state index >= 15 is 0 Å². The first-order valence-corrected chi connectivity index (χ1v) is 6.88. The van der Waals surface area contributed by atoms with Crippen LogP contribution in [0.2, 0.25) is 0 Å². The second-order valence-electron chi connectivity index (χ2n) is 4.15. The van der Waals surface area contributed by atoms with E-state index in [0.29, 0.717) is 5.75 Å². The largest absolute Gasteiger partial charge is 0.481 e. The summed E-state index contributed by atoms with van der Waals surface area (Å²) in [6, 6.07) is 7.43. The highest BCUT2D eigenvalue weighted by atomic mass is 32.2. The summed E-state index contributed by atoms with van der Waals surface area (Å²) in [6.45, 7) is 1.44. The molecule has 1 aromatic carbocycles. The van der Waals surface area contributed by atoms with Crippen molar-refractivity contribution >= 4 is 17.7 Å². The number of aliphatic carboxylic acids is 1. The summed E-state index contributed by atoms with van der Waals surface area (Å²) in [4.78, 5) is 10.8. The van der Waals surface area contributed by atoms with Crippen LogP contribution in [0.25, 0.3) is 0 Å². The molecule has 0 aromatic heterocycles. The Balaban J connectivity index is 2.48. The molecule has 1 rings (SSSR count). The second kappa shape index (κ2) is 7.41. The van der Waals surface area contributed by atoms with Gasteiger partial charge in [0.25, 0.3) is 0 Å². The van der Waals surface area contributed by atoms with Gasteiger partial charge >= 0.3 is 5.97 Å². The summed E-state index contributed by atoms with van der Waals surface area (Å²) in [5, 5.41) is 26.7. The van der Waals surface area contributed by atoms with Crippen LogP contribution < -0.4 is 0 Å². The lowest BCUT2D eigenvalue weighted by atomic mass is 10.0. The van der Waals surface area contributed by atoms with Crippen LogP contribution in [0, 0.1) is 0 Å². The Bertz CT molecular complexity index is 377. The Morgan fingerprint density at radius 2 is 1.94 bits per heavy atom. The third kappa shape index (κ3) is 4.68. The number of aliphatic hydroxyl groups excluding tert-OH is 2. The van der Waals surface area contributed by atoms with E-state index in [-0.39, 0.29) is 6.61 Å². The van der Waals surface area contributed by atoms with Gasteiger partial charge in [-0.1, -0.05) is 24.3 Å². The number of aliphatic hydroxyl groups is 2. The molecule has 5 heteroatoms. The Morgan fingerprint density at radius 1 is 1.33 bits per heavy atom. The third-order valence-corrected chi connectivity index (χ3v) is 3.80. The molecule has 0 saturated carbocycles. The number of carbonyl (C=O) groups is 1. The Hall–Kier alpha value is -1.04. The van der Waals surface area contributed by atoms with Crippen molar-refractivity contribution in [3.63, 3.8) is 0 Å². The van der Waals surface area contributed by atoms with E-state index in [1.807, 2.05) is 24.3 Å². The quantitative estimate of drug-likeness (QED) is 0.699. The maximum atomic E-state index is 10.8. The van der Waals surface area contributed by atoms with E-state index in [2.05, 4.69) is 0 Å².